The van der Waals surface area contributed by atoms with E-state index in [4.69, 9.17) is 4.74 Å². The van der Waals surface area contributed by atoms with Crippen molar-refractivity contribution in [1.82, 2.24) is 15.2 Å². The molecule has 5 rings (SSSR count). The highest BCUT2D eigenvalue weighted by atomic mass is 19.0. The molecule has 0 radical (unpaired) electrons. The molecule has 1 amide bonds. The van der Waals surface area contributed by atoms with Crippen molar-refractivity contribution < 1.29 is 18.7 Å². The second kappa shape index (κ2) is 23.2. The summed E-state index contributed by atoms with van der Waals surface area (Å²) in [5.74, 6) is 1.31. The van der Waals surface area contributed by atoms with Crippen molar-refractivity contribution in [3.8, 4) is 28.0 Å². The van der Waals surface area contributed by atoms with Gasteiger partial charge in [-0.05, 0) is 84.7 Å². The third-order valence-corrected chi connectivity index (χ3v) is 9.77. The molecule has 2 heterocycles. The quantitative estimate of drug-likeness (QED) is 0.0789. The first-order valence-electron chi connectivity index (χ1n) is 19.8. The number of hydrogen-bond acceptors (Lipinski definition) is 4. The average molecular weight is 724 g/mol. The number of carbonyl (C=O) groups excluding carboxylic acids is 1. The van der Waals surface area contributed by atoms with Crippen LogP contribution in [0.5, 0.6) is 5.75 Å². The number of pyridine rings is 1. The Morgan fingerprint density at radius 2 is 1.32 bits per heavy atom. The van der Waals surface area contributed by atoms with Gasteiger partial charge in [0.05, 0.1) is 31.7 Å². The summed E-state index contributed by atoms with van der Waals surface area (Å²) >= 11 is 0. The van der Waals surface area contributed by atoms with Crippen molar-refractivity contribution in [2.45, 2.75) is 105 Å². The summed E-state index contributed by atoms with van der Waals surface area (Å²) < 4.78 is 7.38. The predicted molar refractivity (Wildman–Crippen MR) is 218 cm³/mol. The molecule has 5 aromatic rings. The smallest absolute Gasteiger partial charge is 0.225 e. The number of nitrogens with one attached hydrogen (secondary N) is 2. The van der Waals surface area contributed by atoms with Crippen LogP contribution in [-0.2, 0) is 11.4 Å². The SMILES string of the molecule is CCCC(=O)Nc1n[nH]c2cc(-c3ccc(OCc4ccccc4)cc3)c(-c3cccnc3)cc12.CCCC[N+](CCCC)(CCCC)CCCC.[F-]. The van der Waals surface area contributed by atoms with E-state index in [1.807, 2.05) is 67.7 Å². The van der Waals surface area contributed by atoms with E-state index < -0.39 is 0 Å². The number of carbonyl (C=O) groups is 1. The van der Waals surface area contributed by atoms with E-state index in [0.717, 1.165) is 50.9 Å². The zero-order valence-corrected chi connectivity index (χ0v) is 32.8. The number of amides is 1. The van der Waals surface area contributed by atoms with Crippen LogP contribution in [0.25, 0.3) is 33.2 Å². The molecule has 0 aliphatic carbocycles. The van der Waals surface area contributed by atoms with E-state index in [2.05, 4.69) is 72.5 Å². The van der Waals surface area contributed by atoms with Crippen molar-refractivity contribution in [2.75, 3.05) is 31.5 Å². The van der Waals surface area contributed by atoms with Crippen LogP contribution in [0.1, 0.15) is 104 Å². The van der Waals surface area contributed by atoms with Gasteiger partial charge in [0.2, 0.25) is 5.91 Å². The second-order valence-corrected chi connectivity index (χ2v) is 14.0. The van der Waals surface area contributed by atoms with E-state index in [-0.39, 0.29) is 10.6 Å². The number of anilines is 1. The lowest BCUT2D eigenvalue weighted by Crippen LogP contribution is -3.00. The lowest BCUT2D eigenvalue weighted by molar-refractivity contribution is -0.929. The Hall–Kier alpha value is -4.56. The highest BCUT2D eigenvalue weighted by Crippen LogP contribution is 2.37. The Morgan fingerprint density at radius 1 is 0.717 bits per heavy atom. The molecule has 0 saturated heterocycles. The molecule has 0 saturated carbocycles. The molecule has 8 heteroatoms. The zero-order valence-electron chi connectivity index (χ0n) is 32.8. The molecule has 2 aromatic heterocycles. The molecule has 286 valence electrons. The number of H-pyrrole nitrogens is 1. The molecule has 2 N–H and O–H groups in total. The van der Waals surface area contributed by atoms with Crippen molar-refractivity contribution in [1.29, 1.82) is 0 Å². The summed E-state index contributed by atoms with van der Waals surface area (Å²) in [6, 6.07) is 26.3. The van der Waals surface area contributed by atoms with E-state index in [1.165, 1.54) is 82.0 Å². The minimum absolute atomic E-state index is 0. The highest BCUT2D eigenvalue weighted by Gasteiger charge is 2.24. The average Bonchev–Trinajstić information content (AvgIpc) is 3.58. The van der Waals surface area contributed by atoms with Crippen LogP contribution >= 0.6 is 0 Å². The van der Waals surface area contributed by atoms with Gasteiger partial charge < -0.3 is 19.2 Å². The van der Waals surface area contributed by atoms with Gasteiger partial charge in [0, 0.05) is 29.8 Å². The Morgan fingerprint density at radius 3 is 1.87 bits per heavy atom. The summed E-state index contributed by atoms with van der Waals surface area (Å²) in [5.41, 5.74) is 6.06. The highest BCUT2D eigenvalue weighted by molar-refractivity contribution is 6.04. The minimum atomic E-state index is -0.0426. The molecule has 0 aliphatic rings. The number of aromatic nitrogens is 3. The Balaban J connectivity index is 0.000000359. The van der Waals surface area contributed by atoms with E-state index in [0.29, 0.717) is 18.8 Å². The fourth-order valence-electron chi connectivity index (χ4n) is 6.70. The van der Waals surface area contributed by atoms with Crippen molar-refractivity contribution in [3.05, 3.63) is 96.8 Å². The molecule has 0 unspecified atom stereocenters. The standard InChI is InChI=1S/C29H26N4O2.C16H36N.FH/c1-2-7-28(34)31-29-26-16-24(22-10-6-15-30-18-22)25(17-27(26)32-33-29)21-11-13-23(14-12-21)35-19-20-8-4-3-5-9-20;1-5-9-13-17(14-10-6-2,15-11-7-3)16-12-8-4;/h3-6,8-18H,2,7,19H2,1H3,(H2,31,32,33,34);5-16H2,1-4H3;1H/q;+1;/p-1. The Labute approximate surface area is 317 Å². The largest absolute Gasteiger partial charge is 1.00 e. The van der Waals surface area contributed by atoms with Gasteiger partial charge in [0.25, 0.3) is 0 Å². The first-order valence-corrected chi connectivity index (χ1v) is 19.8. The maximum atomic E-state index is 12.2. The van der Waals surface area contributed by atoms with Crippen LogP contribution in [0.2, 0.25) is 0 Å². The normalized spacial score (nSPS) is 11.0. The molecule has 53 heavy (non-hydrogen) atoms. The number of benzene rings is 3. The Bertz CT molecular complexity index is 1700. The minimum Gasteiger partial charge on any atom is -1.00 e. The van der Waals surface area contributed by atoms with Crippen molar-refractivity contribution in [3.63, 3.8) is 0 Å². The monoisotopic (exact) mass is 723 g/mol. The second-order valence-electron chi connectivity index (χ2n) is 14.0. The van der Waals surface area contributed by atoms with Gasteiger partial charge in [-0.15, -0.1) is 0 Å². The zero-order chi connectivity index (χ0) is 37.0. The molecule has 7 nitrogen and oxygen atoms in total. The van der Waals surface area contributed by atoms with Crippen LogP contribution in [0.15, 0.2) is 91.3 Å². The van der Waals surface area contributed by atoms with Gasteiger partial charge >= 0.3 is 0 Å². The topological polar surface area (TPSA) is 79.9 Å². The maximum Gasteiger partial charge on any atom is 0.225 e. The van der Waals surface area contributed by atoms with Crippen LogP contribution in [0, 0.1) is 0 Å². The number of quaternary nitrogens is 1. The molecule has 0 spiro atoms. The molecule has 0 aliphatic heterocycles. The number of nitrogens with zero attached hydrogens (tertiary/aromatic N) is 3. The Kier molecular flexibility index (Phi) is 18.7. The summed E-state index contributed by atoms with van der Waals surface area (Å²) in [5, 5.41) is 11.2. The number of unbranched alkanes of at least 4 members (excludes halogenated alkanes) is 4. The summed E-state index contributed by atoms with van der Waals surface area (Å²) in [6.45, 7) is 17.5. The molecule has 0 fully saturated rings. The van der Waals surface area contributed by atoms with E-state index in [1.54, 1.807) is 6.20 Å². The predicted octanol–water partition coefficient (Wildman–Crippen LogP) is 8.62. The molecule has 0 bridgehead atoms. The first kappa shape index (κ1) is 42.8. The summed E-state index contributed by atoms with van der Waals surface area (Å²) in [7, 11) is 0. The number of fused-ring (bicyclic) bond motifs is 1. The van der Waals surface area contributed by atoms with Crippen molar-refractivity contribution in [2.24, 2.45) is 0 Å². The van der Waals surface area contributed by atoms with Crippen LogP contribution in [-0.4, -0.2) is 51.8 Å². The molecule has 3 aromatic carbocycles. The fraction of sp³-hybridized carbons (Fsp3) is 0.444. The molecular formula is C45H62FN5O2. The summed E-state index contributed by atoms with van der Waals surface area (Å²) in [6.07, 6.45) is 15.9. The van der Waals surface area contributed by atoms with Gasteiger partial charge in [-0.2, -0.15) is 5.10 Å². The van der Waals surface area contributed by atoms with E-state index in [9.17, 15) is 4.79 Å². The van der Waals surface area contributed by atoms with Gasteiger partial charge in [-0.3, -0.25) is 14.9 Å². The number of halogens is 1. The lowest BCUT2D eigenvalue weighted by atomic mass is 9.94. The number of hydrogen-bond donors (Lipinski definition) is 2. The number of aromatic amines is 1. The van der Waals surface area contributed by atoms with Gasteiger partial charge in [-0.25, -0.2) is 0 Å². The van der Waals surface area contributed by atoms with Crippen LogP contribution < -0.4 is 14.8 Å². The fourth-order valence-corrected chi connectivity index (χ4v) is 6.70. The maximum absolute atomic E-state index is 12.2. The van der Waals surface area contributed by atoms with E-state index >= 15 is 0 Å². The third kappa shape index (κ3) is 13.1. The summed E-state index contributed by atoms with van der Waals surface area (Å²) in [4.78, 5) is 16.5. The lowest BCUT2D eigenvalue weighted by Gasteiger charge is -2.39. The first-order chi connectivity index (χ1) is 25.5. The van der Waals surface area contributed by atoms with Gasteiger partial charge in [-0.1, -0.05) is 109 Å². The van der Waals surface area contributed by atoms with Gasteiger partial charge in [0.15, 0.2) is 5.82 Å². The number of ether oxygens (including phenoxy) is 1. The van der Waals surface area contributed by atoms with Gasteiger partial charge in [0.1, 0.15) is 12.4 Å². The van der Waals surface area contributed by atoms with Crippen LogP contribution in [0.3, 0.4) is 0 Å². The molecule has 0 atom stereocenters. The van der Waals surface area contributed by atoms with Crippen molar-refractivity contribution >= 4 is 22.6 Å². The van der Waals surface area contributed by atoms with Crippen LogP contribution in [0.4, 0.5) is 5.82 Å². The number of rotatable bonds is 20. The molecular weight excluding hydrogens is 662 g/mol. The third-order valence-electron chi connectivity index (χ3n) is 9.77.